The highest BCUT2D eigenvalue weighted by Gasteiger charge is 2.16. The van der Waals surface area contributed by atoms with Gasteiger partial charge in [-0.1, -0.05) is 46.1 Å². The number of hydrogen-bond acceptors (Lipinski definition) is 5. The summed E-state index contributed by atoms with van der Waals surface area (Å²) in [6.45, 7) is 16.8. The van der Waals surface area contributed by atoms with Crippen molar-refractivity contribution in [1.29, 1.82) is 0 Å². The highest BCUT2D eigenvalue weighted by molar-refractivity contribution is 7.13. The van der Waals surface area contributed by atoms with Gasteiger partial charge in [0, 0.05) is 45.6 Å². The molecule has 0 atom stereocenters. The lowest BCUT2D eigenvalue weighted by atomic mass is 9.91. The van der Waals surface area contributed by atoms with Crippen LogP contribution in [0.1, 0.15) is 39.7 Å². The molecule has 6 nitrogen and oxygen atoms in total. The van der Waals surface area contributed by atoms with Crippen molar-refractivity contribution in [3.05, 3.63) is 96.4 Å². The van der Waals surface area contributed by atoms with Gasteiger partial charge in [0.2, 0.25) is 0 Å². The van der Waals surface area contributed by atoms with E-state index in [0.29, 0.717) is 5.65 Å². The van der Waals surface area contributed by atoms with Crippen molar-refractivity contribution in [2.24, 2.45) is 5.41 Å². The van der Waals surface area contributed by atoms with Crippen LogP contribution in [0, 0.1) is 5.41 Å². The van der Waals surface area contributed by atoms with Crippen molar-refractivity contribution < 1.29 is 0 Å². The van der Waals surface area contributed by atoms with E-state index in [2.05, 4.69) is 100 Å². The van der Waals surface area contributed by atoms with E-state index < -0.39 is 0 Å². The molecule has 0 radical (unpaired) electrons. The number of nitrogens with one attached hydrogen (secondary N) is 3. The van der Waals surface area contributed by atoms with Gasteiger partial charge in [-0.25, -0.2) is 4.98 Å². The van der Waals surface area contributed by atoms with E-state index in [1.807, 2.05) is 37.5 Å². The molecule has 7 heteroatoms. The van der Waals surface area contributed by atoms with E-state index in [1.54, 1.807) is 11.3 Å². The second kappa shape index (κ2) is 10.3. The molecule has 3 N–H and O–H groups in total. The van der Waals surface area contributed by atoms with Crippen molar-refractivity contribution >= 4 is 38.8 Å². The highest BCUT2D eigenvalue weighted by Crippen LogP contribution is 2.35. The number of hydrogen-bond donors (Lipinski definition) is 3. The number of nitrogens with zero attached hydrogens (tertiary/aromatic N) is 3. The zero-order valence-electron chi connectivity index (χ0n) is 22.2. The van der Waals surface area contributed by atoms with E-state index in [4.69, 9.17) is 0 Å². The summed E-state index contributed by atoms with van der Waals surface area (Å²) in [6.07, 6.45) is 10.5. The molecule has 0 saturated carbocycles. The van der Waals surface area contributed by atoms with Crippen LogP contribution in [0.5, 0.6) is 0 Å². The van der Waals surface area contributed by atoms with Crippen LogP contribution >= 0.6 is 11.3 Å². The van der Waals surface area contributed by atoms with E-state index in [0.717, 1.165) is 67.2 Å². The fourth-order valence-electron chi connectivity index (χ4n) is 4.60. The summed E-state index contributed by atoms with van der Waals surface area (Å²) in [4.78, 5) is 14.0. The van der Waals surface area contributed by atoms with Gasteiger partial charge in [0.1, 0.15) is 0 Å². The minimum atomic E-state index is 0.148. The second-order valence-electron chi connectivity index (χ2n) is 10.5. The summed E-state index contributed by atoms with van der Waals surface area (Å²) in [5, 5.41) is 15.2. The molecule has 5 aromatic heterocycles. The predicted molar refractivity (Wildman–Crippen MR) is 161 cm³/mol. The molecule has 0 aliphatic rings. The smallest absolute Gasteiger partial charge is 0.181 e. The summed E-state index contributed by atoms with van der Waals surface area (Å²) in [5.41, 5.74) is 8.51. The molecule has 0 aliphatic heterocycles. The Labute approximate surface area is 226 Å². The number of pyridine rings is 2. The van der Waals surface area contributed by atoms with Gasteiger partial charge in [0.05, 0.1) is 22.0 Å². The van der Waals surface area contributed by atoms with Crippen molar-refractivity contribution in [3.63, 3.8) is 0 Å². The summed E-state index contributed by atoms with van der Waals surface area (Å²) >= 11 is 1.68. The lowest BCUT2D eigenvalue weighted by Crippen LogP contribution is -2.16. The third-order valence-electron chi connectivity index (χ3n) is 6.22. The Morgan fingerprint density at radius 2 is 2.00 bits per heavy atom. The molecule has 192 valence electrons. The number of aromatic amines is 2. The number of rotatable bonds is 8. The van der Waals surface area contributed by atoms with Gasteiger partial charge in [0.15, 0.2) is 5.65 Å². The lowest BCUT2D eigenvalue weighted by Gasteiger charge is -2.21. The van der Waals surface area contributed by atoms with Crippen LogP contribution in [0.15, 0.2) is 90.9 Å². The number of allylic oxidation sites excluding steroid dienone is 5. The Bertz CT molecular complexity index is 1690. The van der Waals surface area contributed by atoms with Gasteiger partial charge in [0.25, 0.3) is 0 Å². The Morgan fingerprint density at radius 3 is 2.71 bits per heavy atom. The average Bonchev–Trinajstić information content (AvgIpc) is 3.63. The molecule has 0 aromatic carbocycles. The number of fused-ring (bicyclic) bond motifs is 2. The monoisotopic (exact) mass is 520 g/mol. The fourth-order valence-corrected chi connectivity index (χ4v) is 5.33. The van der Waals surface area contributed by atoms with E-state index in [9.17, 15) is 0 Å². The Kier molecular flexibility index (Phi) is 6.87. The van der Waals surface area contributed by atoms with Gasteiger partial charge < -0.3 is 10.3 Å². The van der Waals surface area contributed by atoms with Crippen LogP contribution in [0.3, 0.4) is 0 Å². The van der Waals surface area contributed by atoms with Crippen LogP contribution in [-0.2, 0) is 0 Å². The van der Waals surface area contributed by atoms with E-state index >= 15 is 0 Å². The largest absolute Gasteiger partial charge is 0.359 e. The zero-order chi connectivity index (χ0) is 26.9. The summed E-state index contributed by atoms with van der Waals surface area (Å²) in [6, 6.07) is 10.4. The van der Waals surface area contributed by atoms with Crippen LogP contribution in [0.4, 0.5) is 0 Å². The summed E-state index contributed by atoms with van der Waals surface area (Å²) in [7, 11) is 0. The predicted octanol–water partition coefficient (Wildman–Crippen LogP) is 8.24. The van der Waals surface area contributed by atoms with Crippen molar-refractivity contribution in [3.8, 4) is 22.0 Å². The van der Waals surface area contributed by atoms with Gasteiger partial charge in [-0.2, -0.15) is 5.10 Å². The Balaban J connectivity index is 1.51. The summed E-state index contributed by atoms with van der Waals surface area (Å²) in [5.74, 6) is 0. The fraction of sp³-hybridized carbons (Fsp3) is 0.194. The minimum Gasteiger partial charge on any atom is -0.359 e. The van der Waals surface area contributed by atoms with Crippen molar-refractivity contribution in [1.82, 2.24) is 30.5 Å². The molecule has 0 amide bonds. The first-order valence-corrected chi connectivity index (χ1v) is 13.5. The molecule has 0 unspecified atom stereocenters. The van der Waals surface area contributed by atoms with Crippen molar-refractivity contribution in [2.75, 3.05) is 0 Å². The number of H-pyrrole nitrogens is 2. The van der Waals surface area contributed by atoms with Crippen LogP contribution in [0.25, 0.3) is 49.5 Å². The molecule has 0 spiro atoms. The third kappa shape index (κ3) is 5.24. The molecule has 5 heterocycles. The molecule has 5 aromatic rings. The number of thiophene rings is 1. The first kappa shape index (κ1) is 25.4. The maximum atomic E-state index is 4.65. The number of aromatic nitrogens is 5. The van der Waals surface area contributed by atoms with Crippen LogP contribution in [-0.4, -0.2) is 25.1 Å². The molecule has 0 fully saturated rings. The van der Waals surface area contributed by atoms with Gasteiger partial charge >= 0.3 is 0 Å². The van der Waals surface area contributed by atoms with Gasteiger partial charge in [-0.05, 0) is 66.1 Å². The maximum Gasteiger partial charge on any atom is 0.181 e. The van der Waals surface area contributed by atoms with E-state index in [-0.39, 0.29) is 5.41 Å². The minimum absolute atomic E-state index is 0.148. The zero-order valence-corrected chi connectivity index (χ0v) is 23.0. The first-order chi connectivity index (χ1) is 18.3. The summed E-state index contributed by atoms with van der Waals surface area (Å²) < 4.78 is 0. The topological polar surface area (TPSA) is 82.3 Å². The lowest BCUT2D eigenvalue weighted by molar-refractivity contribution is 0.403. The Morgan fingerprint density at radius 1 is 1.16 bits per heavy atom. The molecular formula is C31H32N6S. The first-order valence-electron chi connectivity index (χ1n) is 12.6. The van der Waals surface area contributed by atoms with Gasteiger partial charge in [-0.3, -0.25) is 10.1 Å². The normalized spacial score (nSPS) is 12.8. The molecule has 0 aliphatic carbocycles. The highest BCUT2D eigenvalue weighted by atomic mass is 32.1. The Hall–Kier alpha value is -4.23. The SMILES string of the molecule is C=C/C(=C\C(=C/C)c1cnc2n[nH]c(-c3cc4c(-c5cccs5)nccc4[nH]3)c2c1)NC(=C)CC(C)(C)C. The van der Waals surface area contributed by atoms with E-state index in [1.165, 1.54) is 0 Å². The molecule has 0 bridgehead atoms. The van der Waals surface area contributed by atoms with Gasteiger partial charge in [-0.15, -0.1) is 11.3 Å². The standard InChI is InChI=1S/C31H32N6S/c1-7-20(14-22(8-2)34-19(3)17-31(4,5)6)21-15-24-28(36-37-30(24)33-18-21)26-16-23-25(35-26)11-12-32-29(23)27-10-9-13-38-27/h7-16,18,34-35H,2-3,17H2,1,4-6H3,(H,33,36,37)/b20-7+,22-14+. The maximum absolute atomic E-state index is 4.65. The van der Waals surface area contributed by atoms with Crippen LogP contribution in [0.2, 0.25) is 0 Å². The average molecular weight is 521 g/mol. The third-order valence-corrected chi connectivity index (χ3v) is 7.10. The molecule has 0 saturated heterocycles. The van der Waals surface area contributed by atoms with Crippen LogP contribution < -0.4 is 5.32 Å². The second-order valence-corrected chi connectivity index (χ2v) is 11.4. The quantitative estimate of drug-likeness (QED) is 0.180. The van der Waals surface area contributed by atoms with Crippen molar-refractivity contribution in [2.45, 2.75) is 34.1 Å². The molecular weight excluding hydrogens is 488 g/mol. The molecule has 5 rings (SSSR count). The molecule has 38 heavy (non-hydrogen) atoms.